The Balaban J connectivity index is 2.10. The summed E-state index contributed by atoms with van der Waals surface area (Å²) in [7, 11) is 0. The molecule has 0 bridgehead atoms. The zero-order valence-corrected chi connectivity index (χ0v) is 13.1. The van der Waals surface area contributed by atoms with E-state index >= 15 is 0 Å². The molecular formula is C15H18ClN3O3. The van der Waals surface area contributed by atoms with Crippen LogP contribution in [0.1, 0.15) is 37.9 Å². The van der Waals surface area contributed by atoms with E-state index in [0.29, 0.717) is 24.5 Å². The van der Waals surface area contributed by atoms with Crippen LogP contribution in [-0.2, 0) is 14.3 Å². The Hall–Kier alpha value is -1.75. The molecule has 2 rings (SSSR count). The van der Waals surface area contributed by atoms with Crippen molar-refractivity contribution in [2.45, 2.75) is 44.4 Å². The van der Waals surface area contributed by atoms with Gasteiger partial charge in [-0.2, -0.15) is 0 Å². The van der Waals surface area contributed by atoms with Crippen LogP contribution in [0.25, 0.3) is 10.4 Å². The Morgan fingerprint density at radius 3 is 2.82 bits per heavy atom. The van der Waals surface area contributed by atoms with Gasteiger partial charge in [0.1, 0.15) is 0 Å². The fraction of sp³-hybridized carbons (Fsp3) is 0.533. The maximum atomic E-state index is 11.6. The van der Waals surface area contributed by atoms with Crippen molar-refractivity contribution in [2.75, 3.05) is 6.61 Å². The first-order chi connectivity index (χ1) is 10.6. The van der Waals surface area contributed by atoms with Gasteiger partial charge >= 0.3 is 5.97 Å². The zero-order chi connectivity index (χ0) is 15.9. The van der Waals surface area contributed by atoms with Crippen LogP contribution in [0.3, 0.4) is 0 Å². The van der Waals surface area contributed by atoms with E-state index in [1.54, 1.807) is 19.1 Å². The quantitative estimate of drug-likeness (QED) is 0.352. The number of ether oxygens (including phenoxy) is 2. The fourth-order valence-corrected chi connectivity index (χ4v) is 2.71. The molecule has 0 unspecified atom stereocenters. The lowest BCUT2D eigenvalue weighted by atomic mass is 9.93. The minimum absolute atomic E-state index is 0.162. The Labute approximate surface area is 134 Å². The SMILES string of the molecule is CCOC(=O)C[C@H]1C[C@H](N=[N+]=[N-])C[C@@H](c2ccc(Cl)cc2)O1. The third-order valence-electron chi connectivity index (χ3n) is 3.53. The highest BCUT2D eigenvalue weighted by atomic mass is 35.5. The zero-order valence-electron chi connectivity index (χ0n) is 12.3. The van der Waals surface area contributed by atoms with Crippen molar-refractivity contribution >= 4 is 17.6 Å². The predicted octanol–water partition coefficient (Wildman–Crippen LogP) is 4.19. The average molecular weight is 324 g/mol. The highest BCUT2D eigenvalue weighted by Gasteiger charge is 2.31. The van der Waals surface area contributed by atoms with E-state index < -0.39 is 0 Å². The first kappa shape index (κ1) is 16.6. The summed E-state index contributed by atoms with van der Waals surface area (Å²) in [5.74, 6) is -0.302. The van der Waals surface area contributed by atoms with E-state index in [-0.39, 0.29) is 30.6 Å². The number of hydrogen-bond donors (Lipinski definition) is 0. The number of hydrogen-bond acceptors (Lipinski definition) is 4. The summed E-state index contributed by atoms with van der Waals surface area (Å²) in [5.41, 5.74) is 9.63. The van der Waals surface area contributed by atoms with E-state index in [2.05, 4.69) is 10.0 Å². The second-order valence-electron chi connectivity index (χ2n) is 5.14. The van der Waals surface area contributed by atoms with E-state index in [0.717, 1.165) is 5.56 Å². The summed E-state index contributed by atoms with van der Waals surface area (Å²) in [6.07, 6.45) is 0.734. The van der Waals surface area contributed by atoms with Gasteiger partial charge in [0.2, 0.25) is 0 Å². The Morgan fingerprint density at radius 1 is 1.45 bits per heavy atom. The minimum Gasteiger partial charge on any atom is -0.466 e. The van der Waals surface area contributed by atoms with Crippen LogP contribution in [0, 0.1) is 0 Å². The first-order valence-corrected chi connectivity index (χ1v) is 7.61. The molecule has 0 spiro atoms. The second kappa shape index (κ2) is 8.03. The maximum absolute atomic E-state index is 11.6. The summed E-state index contributed by atoms with van der Waals surface area (Å²) in [4.78, 5) is 14.5. The van der Waals surface area contributed by atoms with Crippen LogP contribution in [0.15, 0.2) is 29.4 Å². The van der Waals surface area contributed by atoms with Gasteiger partial charge in [0.05, 0.1) is 25.2 Å². The Morgan fingerprint density at radius 2 is 2.18 bits per heavy atom. The molecule has 1 aliphatic heterocycles. The van der Waals surface area contributed by atoms with Gasteiger partial charge in [-0.3, -0.25) is 4.79 Å². The Bertz CT molecular complexity index is 558. The number of carbonyl (C=O) groups excluding carboxylic acids is 1. The predicted molar refractivity (Wildman–Crippen MR) is 82.5 cm³/mol. The van der Waals surface area contributed by atoms with Gasteiger partial charge in [-0.1, -0.05) is 28.8 Å². The fourth-order valence-electron chi connectivity index (χ4n) is 2.59. The van der Waals surface area contributed by atoms with Gasteiger partial charge in [0, 0.05) is 16.0 Å². The highest BCUT2D eigenvalue weighted by Crippen LogP contribution is 2.34. The lowest BCUT2D eigenvalue weighted by molar-refractivity contribution is -0.149. The van der Waals surface area contributed by atoms with Crippen molar-refractivity contribution < 1.29 is 14.3 Å². The van der Waals surface area contributed by atoms with Crippen molar-refractivity contribution in [3.8, 4) is 0 Å². The van der Waals surface area contributed by atoms with Crippen LogP contribution < -0.4 is 0 Å². The van der Waals surface area contributed by atoms with Crippen LogP contribution in [0.4, 0.5) is 0 Å². The Kier molecular flexibility index (Phi) is 6.07. The number of nitrogens with zero attached hydrogens (tertiary/aromatic N) is 3. The molecule has 1 heterocycles. The van der Waals surface area contributed by atoms with Gasteiger partial charge in [-0.05, 0) is 43.0 Å². The van der Waals surface area contributed by atoms with Crippen LogP contribution in [0.2, 0.25) is 5.02 Å². The van der Waals surface area contributed by atoms with Crippen LogP contribution >= 0.6 is 11.6 Å². The second-order valence-corrected chi connectivity index (χ2v) is 5.57. The van der Waals surface area contributed by atoms with Crippen molar-refractivity contribution in [1.29, 1.82) is 0 Å². The monoisotopic (exact) mass is 323 g/mol. The lowest BCUT2D eigenvalue weighted by Gasteiger charge is -2.33. The number of halogens is 1. The number of esters is 1. The molecule has 22 heavy (non-hydrogen) atoms. The number of benzene rings is 1. The molecular weight excluding hydrogens is 306 g/mol. The summed E-state index contributed by atoms with van der Waals surface area (Å²) >= 11 is 5.89. The molecule has 0 saturated carbocycles. The molecule has 0 N–H and O–H groups in total. The van der Waals surface area contributed by atoms with E-state index in [4.69, 9.17) is 26.6 Å². The standard InChI is InChI=1S/C15H18ClN3O3/c1-2-21-15(20)9-13-7-12(18-19-17)8-14(22-13)10-3-5-11(16)6-4-10/h3-6,12-14H,2,7-9H2,1H3/t12-,13+,14-/m0/s1. The molecule has 0 radical (unpaired) electrons. The van der Waals surface area contributed by atoms with Crippen LogP contribution in [0.5, 0.6) is 0 Å². The summed E-state index contributed by atoms with van der Waals surface area (Å²) in [6, 6.07) is 7.15. The maximum Gasteiger partial charge on any atom is 0.308 e. The van der Waals surface area contributed by atoms with Gasteiger partial charge in [-0.25, -0.2) is 0 Å². The normalized spacial score (nSPS) is 24.4. The van der Waals surface area contributed by atoms with Crippen molar-refractivity contribution in [3.05, 3.63) is 45.3 Å². The third-order valence-corrected chi connectivity index (χ3v) is 3.79. The van der Waals surface area contributed by atoms with Gasteiger partial charge in [0.15, 0.2) is 0 Å². The van der Waals surface area contributed by atoms with E-state index in [1.165, 1.54) is 0 Å². The summed E-state index contributed by atoms with van der Waals surface area (Å²) in [6.45, 7) is 2.10. The number of carbonyl (C=O) groups is 1. The molecule has 6 nitrogen and oxygen atoms in total. The molecule has 7 heteroatoms. The molecule has 118 valence electrons. The molecule has 0 aliphatic carbocycles. The first-order valence-electron chi connectivity index (χ1n) is 7.23. The van der Waals surface area contributed by atoms with Gasteiger partial charge in [0.25, 0.3) is 0 Å². The van der Waals surface area contributed by atoms with E-state index in [9.17, 15) is 4.79 Å². The summed E-state index contributed by atoms with van der Waals surface area (Å²) < 4.78 is 10.9. The number of rotatable bonds is 5. The molecule has 0 aromatic heterocycles. The molecule has 0 amide bonds. The summed E-state index contributed by atoms with van der Waals surface area (Å²) in [5, 5.41) is 4.45. The molecule has 1 saturated heterocycles. The average Bonchev–Trinajstić information content (AvgIpc) is 2.48. The molecule has 3 atom stereocenters. The molecule has 1 fully saturated rings. The lowest BCUT2D eigenvalue weighted by Crippen LogP contribution is -2.32. The van der Waals surface area contributed by atoms with Crippen molar-refractivity contribution in [2.24, 2.45) is 5.11 Å². The highest BCUT2D eigenvalue weighted by molar-refractivity contribution is 6.30. The molecule has 1 aromatic rings. The topological polar surface area (TPSA) is 84.3 Å². The van der Waals surface area contributed by atoms with Gasteiger partial charge < -0.3 is 9.47 Å². The number of azide groups is 1. The molecule has 1 aliphatic rings. The van der Waals surface area contributed by atoms with Crippen molar-refractivity contribution in [3.63, 3.8) is 0 Å². The largest absolute Gasteiger partial charge is 0.466 e. The smallest absolute Gasteiger partial charge is 0.308 e. The minimum atomic E-state index is -0.316. The van der Waals surface area contributed by atoms with Gasteiger partial charge in [-0.15, -0.1) is 0 Å². The van der Waals surface area contributed by atoms with E-state index in [1.807, 2.05) is 12.1 Å². The third kappa shape index (κ3) is 4.63. The molecule has 1 aromatic carbocycles. The van der Waals surface area contributed by atoms with Crippen molar-refractivity contribution in [1.82, 2.24) is 0 Å². The van der Waals surface area contributed by atoms with Crippen LogP contribution in [-0.4, -0.2) is 24.7 Å².